The molecule has 1 aromatic heterocycles. The Hall–Kier alpha value is -3.09. The van der Waals surface area contributed by atoms with Gasteiger partial charge < -0.3 is 15.9 Å². The van der Waals surface area contributed by atoms with Crippen LogP contribution in [0.15, 0.2) is 30.3 Å². The summed E-state index contributed by atoms with van der Waals surface area (Å²) in [5, 5.41) is 19.8. The number of benzene rings is 1. The van der Waals surface area contributed by atoms with Gasteiger partial charge in [0.15, 0.2) is 0 Å². The molecular weight excluding hydrogens is 336 g/mol. The fourth-order valence-corrected chi connectivity index (χ4v) is 4.28. The first kappa shape index (κ1) is 17.7. The van der Waals surface area contributed by atoms with Crippen LogP contribution in [0.3, 0.4) is 0 Å². The minimum absolute atomic E-state index is 0.140. The molecule has 3 rings (SSSR count). The molecule has 0 saturated carbocycles. The highest BCUT2D eigenvalue weighted by Gasteiger charge is 2.55. The first-order chi connectivity index (χ1) is 12.0. The molecule has 0 fully saturated rings. The molecule has 7 nitrogen and oxygen atoms in total. The van der Waals surface area contributed by atoms with Gasteiger partial charge in [-0.3, -0.25) is 9.36 Å². The molecule has 136 valence electrons. The van der Waals surface area contributed by atoms with Gasteiger partial charge in [-0.25, -0.2) is 9.59 Å². The molecule has 1 unspecified atom stereocenters. The predicted octanol–water partition coefficient (Wildman–Crippen LogP) is 2.30. The van der Waals surface area contributed by atoms with E-state index in [1.165, 1.54) is 4.57 Å². The van der Waals surface area contributed by atoms with Crippen LogP contribution in [0.1, 0.15) is 59.3 Å². The van der Waals surface area contributed by atoms with Crippen LogP contribution in [0.4, 0.5) is 0 Å². The van der Waals surface area contributed by atoms with Crippen molar-refractivity contribution in [2.45, 2.75) is 38.0 Å². The summed E-state index contributed by atoms with van der Waals surface area (Å²) in [6.45, 7) is 5.18. The first-order valence-electron chi connectivity index (χ1n) is 8.14. The third kappa shape index (κ3) is 2.23. The molecule has 4 N–H and O–H groups in total. The lowest BCUT2D eigenvalue weighted by Gasteiger charge is -2.26. The predicted molar refractivity (Wildman–Crippen MR) is 93.9 cm³/mol. The summed E-state index contributed by atoms with van der Waals surface area (Å²) >= 11 is 0. The molecular formula is C19H20N2O5. The van der Waals surface area contributed by atoms with Crippen LogP contribution >= 0.6 is 0 Å². The van der Waals surface area contributed by atoms with Crippen molar-refractivity contribution in [2.75, 3.05) is 0 Å². The number of hydrogen-bond donors (Lipinski definition) is 3. The average molecular weight is 356 g/mol. The molecule has 0 spiro atoms. The van der Waals surface area contributed by atoms with Gasteiger partial charge >= 0.3 is 11.9 Å². The fourth-order valence-electron chi connectivity index (χ4n) is 4.28. The molecule has 1 aliphatic carbocycles. The monoisotopic (exact) mass is 356 g/mol. The zero-order chi connectivity index (χ0) is 19.4. The van der Waals surface area contributed by atoms with E-state index >= 15 is 0 Å². The van der Waals surface area contributed by atoms with E-state index in [4.69, 9.17) is 5.73 Å². The Morgan fingerprint density at radius 1 is 0.962 bits per heavy atom. The lowest BCUT2D eigenvalue weighted by molar-refractivity contribution is -0.123. The van der Waals surface area contributed by atoms with Crippen molar-refractivity contribution >= 4 is 17.8 Å². The number of nitrogens with two attached hydrogens (primary N) is 1. The Morgan fingerprint density at radius 3 is 1.92 bits per heavy atom. The number of primary amides is 1. The topological polar surface area (TPSA) is 123 Å². The maximum atomic E-state index is 12.2. The van der Waals surface area contributed by atoms with Crippen molar-refractivity contribution in [3.8, 4) is 5.69 Å². The maximum Gasteiger partial charge on any atom is 0.353 e. The molecule has 26 heavy (non-hydrogen) atoms. The molecule has 1 aliphatic rings. The number of hydrogen-bond acceptors (Lipinski definition) is 3. The lowest BCUT2D eigenvalue weighted by atomic mass is 9.78. The third-order valence-electron chi connectivity index (χ3n) is 5.16. The van der Waals surface area contributed by atoms with E-state index in [9.17, 15) is 24.6 Å². The van der Waals surface area contributed by atoms with Crippen molar-refractivity contribution in [2.24, 2.45) is 5.73 Å². The highest BCUT2D eigenvalue weighted by atomic mass is 16.4. The number of carboxylic acids is 2. The summed E-state index contributed by atoms with van der Waals surface area (Å²) in [4.78, 5) is 36.5. The second-order valence-electron chi connectivity index (χ2n) is 7.49. The molecule has 0 saturated heterocycles. The molecule has 0 aliphatic heterocycles. The quantitative estimate of drug-likeness (QED) is 0.776. The Balaban J connectivity index is 2.56. The second-order valence-corrected chi connectivity index (χ2v) is 7.49. The van der Waals surface area contributed by atoms with Crippen LogP contribution in [-0.4, -0.2) is 32.6 Å². The molecule has 0 bridgehead atoms. The summed E-state index contributed by atoms with van der Waals surface area (Å²) < 4.78 is 1.21. The van der Waals surface area contributed by atoms with Gasteiger partial charge in [-0.05, 0) is 36.5 Å². The van der Waals surface area contributed by atoms with Crippen molar-refractivity contribution in [1.29, 1.82) is 0 Å². The van der Waals surface area contributed by atoms with Gasteiger partial charge in [0.05, 0.1) is 5.41 Å². The van der Waals surface area contributed by atoms with Gasteiger partial charge in [0.2, 0.25) is 5.91 Å². The standard InChI is InChI=1S/C19H20N2O5/c1-18(2)9-19(3,17(20)26)12-11(18)13(15(22)23)21(14(12)16(24)25)10-7-5-4-6-8-10/h4-8H,9H2,1-3H3,(H2,20,26)(H,22,23)(H,24,25). The number of nitrogens with zero attached hydrogens (tertiary/aromatic N) is 1. The second kappa shape index (κ2) is 5.45. The van der Waals surface area contributed by atoms with Crippen LogP contribution in [0, 0.1) is 0 Å². The highest BCUT2D eigenvalue weighted by Crippen LogP contribution is 2.53. The zero-order valence-electron chi connectivity index (χ0n) is 14.7. The number of rotatable bonds is 4. The van der Waals surface area contributed by atoms with Crippen molar-refractivity contribution in [3.63, 3.8) is 0 Å². The fraction of sp³-hybridized carbons (Fsp3) is 0.316. The summed E-state index contributed by atoms with van der Waals surface area (Å²) in [6.07, 6.45) is 0.246. The number of aromatic carboxylic acids is 2. The van der Waals surface area contributed by atoms with Gasteiger partial charge in [-0.1, -0.05) is 32.0 Å². The third-order valence-corrected chi connectivity index (χ3v) is 5.16. The number of amides is 1. The Bertz CT molecular complexity index is 943. The molecule has 1 aromatic carbocycles. The summed E-state index contributed by atoms with van der Waals surface area (Å²) in [7, 11) is 0. The van der Waals surface area contributed by atoms with Gasteiger partial charge in [0.25, 0.3) is 0 Å². The first-order valence-corrected chi connectivity index (χ1v) is 8.14. The minimum atomic E-state index is -1.30. The number of carbonyl (C=O) groups is 3. The van der Waals surface area contributed by atoms with Crippen LogP contribution in [-0.2, 0) is 15.6 Å². The minimum Gasteiger partial charge on any atom is -0.477 e. The molecule has 0 radical (unpaired) electrons. The summed E-state index contributed by atoms with van der Waals surface area (Å²) in [5.41, 5.74) is 4.22. The average Bonchev–Trinajstić information content (AvgIpc) is 3.01. The lowest BCUT2D eigenvalue weighted by Crippen LogP contribution is -2.39. The van der Waals surface area contributed by atoms with E-state index in [1.807, 2.05) is 0 Å². The van der Waals surface area contributed by atoms with E-state index < -0.39 is 28.7 Å². The van der Waals surface area contributed by atoms with Crippen LogP contribution in [0.5, 0.6) is 0 Å². The molecule has 7 heteroatoms. The largest absolute Gasteiger partial charge is 0.477 e. The Labute approximate surface area is 150 Å². The number of carboxylic acid groups (broad SMARTS) is 2. The van der Waals surface area contributed by atoms with Gasteiger partial charge in [0.1, 0.15) is 11.4 Å². The molecule has 2 aromatic rings. The number of para-hydroxylation sites is 1. The maximum absolute atomic E-state index is 12.2. The van der Waals surface area contributed by atoms with E-state index in [2.05, 4.69) is 0 Å². The van der Waals surface area contributed by atoms with E-state index in [0.717, 1.165) is 0 Å². The van der Waals surface area contributed by atoms with E-state index in [0.29, 0.717) is 11.3 Å². The van der Waals surface area contributed by atoms with Crippen LogP contribution in [0.2, 0.25) is 0 Å². The smallest absolute Gasteiger partial charge is 0.353 e. The van der Waals surface area contributed by atoms with Crippen molar-refractivity contribution < 1.29 is 24.6 Å². The van der Waals surface area contributed by atoms with Crippen LogP contribution < -0.4 is 5.73 Å². The molecule has 1 atom stereocenters. The normalized spacial score (nSPS) is 20.6. The summed E-state index contributed by atoms with van der Waals surface area (Å²) in [5.74, 6) is -3.23. The number of aromatic nitrogens is 1. The van der Waals surface area contributed by atoms with E-state index in [1.54, 1.807) is 51.1 Å². The van der Waals surface area contributed by atoms with Gasteiger partial charge in [-0.2, -0.15) is 0 Å². The number of carbonyl (C=O) groups excluding carboxylic acids is 1. The highest BCUT2D eigenvalue weighted by molar-refractivity contribution is 6.02. The zero-order valence-corrected chi connectivity index (χ0v) is 14.7. The Kier molecular flexibility index (Phi) is 3.72. The van der Waals surface area contributed by atoms with Crippen LogP contribution in [0.25, 0.3) is 5.69 Å². The summed E-state index contributed by atoms with van der Waals surface area (Å²) in [6, 6.07) is 8.39. The SMILES string of the molecule is CC1(C)CC(C)(C(N)=O)c2c1c(C(=O)O)n(-c1ccccc1)c2C(=O)O. The van der Waals surface area contributed by atoms with Crippen molar-refractivity contribution in [3.05, 3.63) is 52.8 Å². The van der Waals surface area contributed by atoms with E-state index in [-0.39, 0.29) is 23.4 Å². The Morgan fingerprint density at radius 2 is 1.46 bits per heavy atom. The molecule has 1 heterocycles. The number of fused-ring (bicyclic) bond motifs is 1. The van der Waals surface area contributed by atoms with Gasteiger partial charge in [0, 0.05) is 11.3 Å². The van der Waals surface area contributed by atoms with Crippen molar-refractivity contribution in [1.82, 2.24) is 4.57 Å². The molecule has 1 amide bonds. The van der Waals surface area contributed by atoms with Gasteiger partial charge in [-0.15, -0.1) is 0 Å².